The van der Waals surface area contributed by atoms with Gasteiger partial charge in [0.05, 0.1) is 0 Å². The summed E-state index contributed by atoms with van der Waals surface area (Å²) in [5.41, 5.74) is 3.33. The predicted octanol–water partition coefficient (Wildman–Crippen LogP) is 5.16. The molecule has 0 aromatic heterocycles. The first-order valence-corrected chi connectivity index (χ1v) is 10.2. The van der Waals surface area contributed by atoms with Gasteiger partial charge in [-0.2, -0.15) is 0 Å². The first-order valence-electron chi connectivity index (χ1n) is 10.2. The van der Waals surface area contributed by atoms with E-state index in [-0.39, 0.29) is 5.41 Å². The number of fused-ring (bicyclic) bond motifs is 1. The average Bonchev–Trinajstić information content (AvgIpc) is 2.66. The molecule has 0 bridgehead atoms. The van der Waals surface area contributed by atoms with Crippen molar-refractivity contribution in [3.05, 3.63) is 65.7 Å². The van der Waals surface area contributed by atoms with Crippen LogP contribution in [-0.2, 0) is 11.8 Å². The van der Waals surface area contributed by atoms with E-state index in [4.69, 9.17) is 0 Å². The van der Waals surface area contributed by atoms with Crippen LogP contribution < -0.4 is 0 Å². The van der Waals surface area contributed by atoms with E-state index < -0.39 is 0 Å². The standard InChI is InChI=1S/C24H31NO/c1-23-13-5-6-14-24(23,21-10-7-11-22(26)18-21)15-17-25(19-23)16-12-20-8-3-2-4-9-20/h2-4,7-11,18,26H,5-6,12-17,19H2,1H3/t23-,24+/m1/s1. The van der Waals surface area contributed by atoms with E-state index >= 15 is 0 Å². The lowest BCUT2D eigenvalue weighted by Crippen LogP contribution is -2.58. The first-order chi connectivity index (χ1) is 12.6. The Hall–Kier alpha value is -1.80. The Balaban J connectivity index is 1.54. The number of phenolic OH excluding ortho intramolecular Hbond substituents is 1. The number of benzene rings is 2. The van der Waals surface area contributed by atoms with Gasteiger partial charge >= 0.3 is 0 Å². The minimum Gasteiger partial charge on any atom is -0.508 e. The van der Waals surface area contributed by atoms with Crippen LogP contribution in [0.1, 0.15) is 50.2 Å². The molecule has 1 saturated carbocycles. The van der Waals surface area contributed by atoms with Gasteiger partial charge in [-0.3, -0.25) is 0 Å². The molecule has 1 aliphatic heterocycles. The van der Waals surface area contributed by atoms with Gasteiger partial charge in [-0.1, -0.05) is 62.2 Å². The third-order valence-corrected chi connectivity index (χ3v) is 7.12. The highest BCUT2D eigenvalue weighted by molar-refractivity contribution is 5.36. The zero-order valence-electron chi connectivity index (χ0n) is 16.0. The van der Waals surface area contributed by atoms with Gasteiger partial charge in [0.2, 0.25) is 0 Å². The Labute approximate surface area is 157 Å². The predicted molar refractivity (Wildman–Crippen MR) is 108 cm³/mol. The topological polar surface area (TPSA) is 23.5 Å². The van der Waals surface area contributed by atoms with Gasteiger partial charge in [0.15, 0.2) is 0 Å². The number of aromatic hydroxyl groups is 1. The fraction of sp³-hybridized carbons (Fsp3) is 0.500. The van der Waals surface area contributed by atoms with Crippen LogP contribution in [0.2, 0.25) is 0 Å². The number of nitrogens with zero attached hydrogens (tertiary/aromatic N) is 1. The molecule has 2 aromatic carbocycles. The summed E-state index contributed by atoms with van der Waals surface area (Å²) in [7, 11) is 0. The molecule has 0 amide bonds. The van der Waals surface area contributed by atoms with Gasteiger partial charge in [0.1, 0.15) is 5.75 Å². The molecular formula is C24H31NO. The summed E-state index contributed by atoms with van der Waals surface area (Å²) < 4.78 is 0. The maximum atomic E-state index is 10.1. The normalized spacial score (nSPS) is 29.3. The smallest absolute Gasteiger partial charge is 0.115 e. The van der Waals surface area contributed by atoms with Crippen molar-refractivity contribution < 1.29 is 5.11 Å². The van der Waals surface area contributed by atoms with E-state index in [0.29, 0.717) is 11.2 Å². The van der Waals surface area contributed by atoms with Crippen molar-refractivity contribution in [3.63, 3.8) is 0 Å². The Kier molecular flexibility index (Phi) is 4.79. The molecule has 2 nitrogen and oxygen atoms in total. The van der Waals surface area contributed by atoms with Crippen LogP contribution in [0.15, 0.2) is 54.6 Å². The molecule has 0 spiro atoms. The number of phenols is 1. The molecule has 2 aromatic rings. The van der Waals surface area contributed by atoms with Crippen molar-refractivity contribution >= 4 is 0 Å². The van der Waals surface area contributed by atoms with Gasteiger partial charge in [-0.05, 0) is 60.9 Å². The van der Waals surface area contributed by atoms with Crippen LogP contribution in [-0.4, -0.2) is 29.6 Å². The fourth-order valence-corrected chi connectivity index (χ4v) is 5.63. The third kappa shape index (κ3) is 3.16. The van der Waals surface area contributed by atoms with Crippen LogP contribution in [0.5, 0.6) is 5.75 Å². The molecule has 0 radical (unpaired) electrons. The fourth-order valence-electron chi connectivity index (χ4n) is 5.63. The summed E-state index contributed by atoms with van der Waals surface area (Å²) in [5, 5.41) is 10.1. The lowest BCUT2D eigenvalue weighted by atomic mass is 9.51. The third-order valence-electron chi connectivity index (χ3n) is 7.12. The van der Waals surface area contributed by atoms with Gasteiger partial charge in [0.25, 0.3) is 0 Å². The summed E-state index contributed by atoms with van der Waals surface area (Å²) in [5.74, 6) is 0.413. The highest BCUT2D eigenvalue weighted by Crippen LogP contribution is 2.56. The van der Waals surface area contributed by atoms with Crippen LogP contribution in [0, 0.1) is 5.41 Å². The van der Waals surface area contributed by atoms with Crippen molar-refractivity contribution in [2.45, 2.75) is 50.9 Å². The quantitative estimate of drug-likeness (QED) is 0.824. The summed E-state index contributed by atoms with van der Waals surface area (Å²) in [4.78, 5) is 2.68. The highest BCUT2D eigenvalue weighted by Gasteiger charge is 2.53. The van der Waals surface area contributed by atoms with E-state index in [1.165, 1.54) is 49.8 Å². The van der Waals surface area contributed by atoms with Crippen LogP contribution in [0.3, 0.4) is 0 Å². The number of piperidine rings is 1. The Morgan fingerprint density at radius 1 is 0.962 bits per heavy atom. The molecule has 1 aliphatic carbocycles. The van der Waals surface area contributed by atoms with Crippen molar-refractivity contribution in [2.75, 3.05) is 19.6 Å². The van der Waals surface area contributed by atoms with Gasteiger partial charge in [-0.25, -0.2) is 0 Å². The van der Waals surface area contributed by atoms with E-state index in [1.807, 2.05) is 12.1 Å². The SMILES string of the molecule is C[C@]12CCCC[C@@]1(c1cccc(O)c1)CCN(CCc1ccccc1)C2. The second-order valence-electron chi connectivity index (χ2n) is 8.66. The molecule has 2 heteroatoms. The number of rotatable bonds is 4. The Morgan fingerprint density at radius 2 is 1.77 bits per heavy atom. The van der Waals surface area contributed by atoms with Gasteiger partial charge < -0.3 is 10.0 Å². The van der Waals surface area contributed by atoms with Crippen LogP contribution in [0.25, 0.3) is 0 Å². The minimum atomic E-state index is 0.229. The molecule has 138 valence electrons. The number of hydrogen-bond acceptors (Lipinski definition) is 2. The molecular weight excluding hydrogens is 318 g/mol. The highest BCUT2D eigenvalue weighted by atomic mass is 16.3. The second-order valence-corrected chi connectivity index (χ2v) is 8.66. The molecule has 2 atom stereocenters. The molecule has 26 heavy (non-hydrogen) atoms. The summed E-state index contributed by atoms with van der Waals surface area (Å²) in [6.07, 6.45) is 7.56. The number of hydrogen-bond donors (Lipinski definition) is 1. The zero-order chi connectivity index (χ0) is 18.0. The van der Waals surface area contributed by atoms with Crippen LogP contribution in [0.4, 0.5) is 0 Å². The molecule has 0 unspecified atom stereocenters. The Bertz CT molecular complexity index is 743. The molecule has 1 heterocycles. The maximum Gasteiger partial charge on any atom is 0.115 e. The second kappa shape index (κ2) is 7.08. The minimum absolute atomic E-state index is 0.229. The molecule has 1 N–H and O–H groups in total. The maximum absolute atomic E-state index is 10.1. The largest absolute Gasteiger partial charge is 0.508 e. The van der Waals surface area contributed by atoms with E-state index in [0.717, 1.165) is 19.5 Å². The molecule has 2 aliphatic rings. The molecule has 4 rings (SSSR count). The molecule has 1 saturated heterocycles. The zero-order valence-corrected chi connectivity index (χ0v) is 16.0. The monoisotopic (exact) mass is 349 g/mol. The lowest BCUT2D eigenvalue weighted by Gasteiger charge is -2.58. The first kappa shape index (κ1) is 17.6. The van der Waals surface area contributed by atoms with E-state index in [1.54, 1.807) is 6.07 Å². The van der Waals surface area contributed by atoms with Crippen molar-refractivity contribution in [1.29, 1.82) is 0 Å². The summed E-state index contributed by atoms with van der Waals surface area (Å²) in [6, 6.07) is 19.0. The number of likely N-dealkylation sites (tertiary alicyclic amines) is 1. The average molecular weight is 350 g/mol. The van der Waals surface area contributed by atoms with Gasteiger partial charge in [-0.15, -0.1) is 0 Å². The van der Waals surface area contributed by atoms with Crippen molar-refractivity contribution in [2.24, 2.45) is 5.41 Å². The Morgan fingerprint density at radius 3 is 2.58 bits per heavy atom. The lowest BCUT2D eigenvalue weighted by molar-refractivity contribution is -0.0208. The molecule has 2 fully saturated rings. The van der Waals surface area contributed by atoms with E-state index in [9.17, 15) is 5.11 Å². The van der Waals surface area contributed by atoms with Crippen LogP contribution >= 0.6 is 0 Å². The van der Waals surface area contributed by atoms with Crippen molar-refractivity contribution in [1.82, 2.24) is 4.90 Å². The summed E-state index contributed by atoms with van der Waals surface area (Å²) in [6.45, 7) is 5.99. The van der Waals surface area contributed by atoms with Crippen molar-refractivity contribution in [3.8, 4) is 5.75 Å². The summed E-state index contributed by atoms with van der Waals surface area (Å²) >= 11 is 0. The van der Waals surface area contributed by atoms with E-state index in [2.05, 4.69) is 48.2 Å². The van der Waals surface area contributed by atoms with Gasteiger partial charge in [0, 0.05) is 18.5 Å².